The summed E-state index contributed by atoms with van der Waals surface area (Å²) in [5, 5.41) is 2.05. The zero-order valence-electron chi connectivity index (χ0n) is 6.53. The minimum absolute atomic E-state index is 0.109. The highest BCUT2D eigenvalue weighted by Gasteiger charge is 2.11. The van der Waals surface area contributed by atoms with Crippen molar-refractivity contribution in [2.45, 2.75) is 12.3 Å². The van der Waals surface area contributed by atoms with E-state index in [9.17, 15) is 4.39 Å². The lowest BCUT2D eigenvalue weighted by Crippen LogP contribution is -1.93. The highest BCUT2D eigenvalue weighted by Crippen LogP contribution is 2.29. The Bertz CT molecular complexity index is 309. The quantitative estimate of drug-likeness (QED) is 0.619. The Hall–Kier alpha value is -0.890. The molecule has 0 N–H and O–H groups in total. The summed E-state index contributed by atoms with van der Waals surface area (Å²) in [5.41, 5.74) is 0. The van der Waals surface area contributed by atoms with E-state index < -0.39 is 0 Å². The molecule has 1 heterocycles. The molecule has 0 saturated heterocycles. The van der Waals surface area contributed by atoms with Gasteiger partial charge in [0.2, 0.25) is 0 Å². The maximum Gasteiger partial charge on any atom is 0.118 e. The van der Waals surface area contributed by atoms with Gasteiger partial charge in [0.25, 0.3) is 0 Å². The van der Waals surface area contributed by atoms with Gasteiger partial charge in [0.15, 0.2) is 0 Å². The van der Waals surface area contributed by atoms with Gasteiger partial charge in [-0.05, 0) is 30.0 Å². The van der Waals surface area contributed by atoms with E-state index in [-0.39, 0.29) is 5.83 Å². The van der Waals surface area contributed by atoms with Crippen LogP contribution in [0.15, 0.2) is 41.6 Å². The summed E-state index contributed by atoms with van der Waals surface area (Å²) in [5.74, 6) is 0.285. The van der Waals surface area contributed by atoms with E-state index in [0.717, 1.165) is 6.42 Å². The molecule has 1 unspecified atom stereocenters. The first-order valence-electron chi connectivity index (χ1n) is 3.93. The zero-order chi connectivity index (χ0) is 8.39. The summed E-state index contributed by atoms with van der Waals surface area (Å²) in [6.45, 7) is 0. The maximum atomic E-state index is 12.6. The average Bonchev–Trinajstić information content (AvgIpc) is 2.58. The molecule has 1 aromatic heterocycles. The van der Waals surface area contributed by atoms with Crippen LogP contribution >= 0.6 is 11.3 Å². The van der Waals surface area contributed by atoms with Crippen LogP contribution in [0.4, 0.5) is 4.39 Å². The lowest BCUT2D eigenvalue weighted by atomic mass is 9.99. The third-order valence-corrected chi connectivity index (χ3v) is 2.97. The van der Waals surface area contributed by atoms with E-state index in [4.69, 9.17) is 0 Å². The first kappa shape index (κ1) is 7.74. The molecule has 0 spiro atoms. The number of allylic oxidation sites excluding steroid dienone is 4. The van der Waals surface area contributed by atoms with Crippen molar-refractivity contribution in [2.75, 3.05) is 0 Å². The SMILES string of the molecule is FC1=CCC(c2cccs2)C=C1. The normalized spacial score (nSPS) is 22.4. The topological polar surface area (TPSA) is 0 Å². The molecule has 0 radical (unpaired) electrons. The Morgan fingerprint density at radius 1 is 1.50 bits per heavy atom. The molecular formula is C10H9FS. The third kappa shape index (κ3) is 1.48. The van der Waals surface area contributed by atoms with Crippen molar-refractivity contribution in [3.05, 3.63) is 46.4 Å². The highest BCUT2D eigenvalue weighted by atomic mass is 32.1. The van der Waals surface area contributed by atoms with E-state index in [0.29, 0.717) is 5.92 Å². The number of thiophene rings is 1. The van der Waals surface area contributed by atoms with Crippen LogP contribution in [0.5, 0.6) is 0 Å². The maximum absolute atomic E-state index is 12.6. The van der Waals surface area contributed by atoms with Crippen LogP contribution in [0, 0.1) is 0 Å². The van der Waals surface area contributed by atoms with Crippen molar-refractivity contribution in [2.24, 2.45) is 0 Å². The van der Waals surface area contributed by atoms with Crippen molar-refractivity contribution >= 4 is 11.3 Å². The fraction of sp³-hybridized carbons (Fsp3) is 0.200. The molecule has 0 bridgehead atoms. The molecular weight excluding hydrogens is 171 g/mol. The number of rotatable bonds is 1. The van der Waals surface area contributed by atoms with E-state index in [2.05, 4.69) is 11.4 Å². The standard InChI is InChI=1S/C10H9FS/c11-9-5-3-8(4-6-9)10-2-1-7-12-10/h1-3,5-8H,4H2. The smallest absolute Gasteiger partial charge is 0.118 e. The van der Waals surface area contributed by atoms with Crippen molar-refractivity contribution < 1.29 is 4.39 Å². The van der Waals surface area contributed by atoms with Gasteiger partial charge in [0.1, 0.15) is 5.83 Å². The highest BCUT2D eigenvalue weighted by molar-refractivity contribution is 7.10. The predicted octanol–water partition coefficient (Wildman–Crippen LogP) is 3.65. The van der Waals surface area contributed by atoms with Gasteiger partial charge >= 0.3 is 0 Å². The Balaban J connectivity index is 2.15. The molecule has 0 saturated carbocycles. The molecule has 1 aliphatic rings. The van der Waals surface area contributed by atoms with Gasteiger partial charge < -0.3 is 0 Å². The van der Waals surface area contributed by atoms with E-state index >= 15 is 0 Å². The lowest BCUT2D eigenvalue weighted by Gasteiger charge is -2.10. The fourth-order valence-electron chi connectivity index (χ4n) is 1.31. The summed E-state index contributed by atoms with van der Waals surface area (Å²) in [7, 11) is 0. The van der Waals surface area contributed by atoms with Gasteiger partial charge in [-0.1, -0.05) is 12.1 Å². The van der Waals surface area contributed by atoms with Crippen molar-refractivity contribution in [3.8, 4) is 0 Å². The molecule has 62 valence electrons. The van der Waals surface area contributed by atoms with Crippen LogP contribution in [0.1, 0.15) is 17.2 Å². The molecule has 1 aliphatic carbocycles. The Labute approximate surface area is 75.0 Å². The first-order chi connectivity index (χ1) is 5.86. The molecule has 2 heteroatoms. The minimum Gasteiger partial charge on any atom is -0.207 e. The molecule has 12 heavy (non-hydrogen) atoms. The second-order valence-electron chi connectivity index (χ2n) is 2.81. The van der Waals surface area contributed by atoms with E-state index in [1.165, 1.54) is 4.88 Å². The zero-order valence-corrected chi connectivity index (χ0v) is 7.35. The Morgan fingerprint density at radius 3 is 3.00 bits per heavy atom. The molecule has 2 rings (SSSR count). The van der Waals surface area contributed by atoms with Gasteiger partial charge in [-0.2, -0.15) is 0 Å². The molecule has 0 amide bonds. The van der Waals surface area contributed by atoms with Crippen molar-refractivity contribution in [3.63, 3.8) is 0 Å². The first-order valence-corrected chi connectivity index (χ1v) is 4.81. The van der Waals surface area contributed by atoms with Crippen LogP contribution < -0.4 is 0 Å². The Kier molecular flexibility index (Phi) is 2.09. The molecule has 0 fully saturated rings. The summed E-state index contributed by atoms with van der Waals surface area (Å²) in [6.07, 6.45) is 5.92. The van der Waals surface area contributed by atoms with Crippen molar-refractivity contribution in [1.82, 2.24) is 0 Å². The molecule has 0 aliphatic heterocycles. The summed E-state index contributed by atoms with van der Waals surface area (Å²) >= 11 is 1.73. The number of halogens is 1. The van der Waals surface area contributed by atoms with Gasteiger partial charge in [-0.25, -0.2) is 4.39 Å². The van der Waals surface area contributed by atoms with E-state index in [1.807, 2.05) is 12.1 Å². The molecule has 0 nitrogen and oxygen atoms in total. The third-order valence-electron chi connectivity index (χ3n) is 1.96. The Morgan fingerprint density at radius 2 is 2.42 bits per heavy atom. The van der Waals surface area contributed by atoms with Gasteiger partial charge in [-0.3, -0.25) is 0 Å². The second kappa shape index (κ2) is 3.23. The summed E-state index contributed by atoms with van der Waals surface area (Å²) < 4.78 is 12.6. The van der Waals surface area contributed by atoms with Crippen LogP contribution in [-0.4, -0.2) is 0 Å². The molecule has 0 aromatic carbocycles. The second-order valence-corrected chi connectivity index (χ2v) is 3.79. The number of hydrogen-bond donors (Lipinski definition) is 0. The van der Waals surface area contributed by atoms with E-state index in [1.54, 1.807) is 23.5 Å². The largest absolute Gasteiger partial charge is 0.207 e. The summed E-state index contributed by atoms with van der Waals surface area (Å²) in [6, 6.07) is 4.12. The average molecular weight is 180 g/mol. The van der Waals surface area contributed by atoms with Gasteiger partial charge in [0, 0.05) is 10.8 Å². The lowest BCUT2D eigenvalue weighted by molar-refractivity contribution is 0.644. The minimum atomic E-state index is -0.109. The molecule has 1 atom stereocenters. The summed E-state index contributed by atoms with van der Waals surface area (Å²) in [4.78, 5) is 1.31. The van der Waals surface area contributed by atoms with Gasteiger partial charge in [0.05, 0.1) is 0 Å². The number of hydrogen-bond acceptors (Lipinski definition) is 1. The van der Waals surface area contributed by atoms with Crippen LogP contribution in [-0.2, 0) is 0 Å². The molecule has 1 aromatic rings. The monoisotopic (exact) mass is 180 g/mol. The van der Waals surface area contributed by atoms with Crippen molar-refractivity contribution in [1.29, 1.82) is 0 Å². The van der Waals surface area contributed by atoms with Crippen LogP contribution in [0.2, 0.25) is 0 Å². The van der Waals surface area contributed by atoms with Gasteiger partial charge in [-0.15, -0.1) is 11.3 Å². The fourth-order valence-corrected chi connectivity index (χ4v) is 2.13. The predicted molar refractivity (Wildman–Crippen MR) is 50.0 cm³/mol. The van der Waals surface area contributed by atoms with Crippen LogP contribution in [0.3, 0.4) is 0 Å². The van der Waals surface area contributed by atoms with Crippen LogP contribution in [0.25, 0.3) is 0 Å².